The van der Waals surface area contributed by atoms with Crippen molar-refractivity contribution >= 4 is 11.8 Å². The number of nitrogens with two attached hydrogens (primary N) is 2. The minimum atomic E-state index is -0.581. The summed E-state index contributed by atoms with van der Waals surface area (Å²) < 4.78 is 0. The normalized spacial score (nSPS) is 26.8. The lowest BCUT2D eigenvalue weighted by Gasteiger charge is -2.28. The van der Waals surface area contributed by atoms with Crippen LogP contribution in [0.25, 0.3) is 0 Å². The van der Waals surface area contributed by atoms with Gasteiger partial charge < -0.3 is 11.5 Å². The van der Waals surface area contributed by atoms with Crippen molar-refractivity contribution in [3.05, 3.63) is 48.0 Å². The van der Waals surface area contributed by atoms with Gasteiger partial charge in [-0.25, -0.2) is 0 Å². The predicted molar refractivity (Wildman–Crippen MR) is 68.3 cm³/mol. The van der Waals surface area contributed by atoms with Crippen molar-refractivity contribution in [1.29, 1.82) is 0 Å². The molecule has 1 aliphatic carbocycles. The summed E-state index contributed by atoms with van der Waals surface area (Å²) >= 11 is 0. The number of hydrogen-bond donors (Lipinski definition) is 2. The lowest BCUT2D eigenvalue weighted by molar-refractivity contribution is -0.130. The molecule has 0 spiro atoms. The largest absolute Gasteiger partial charge is 0.369 e. The highest BCUT2D eigenvalue weighted by molar-refractivity contribution is 5.87. The van der Waals surface area contributed by atoms with Crippen LogP contribution in [0.5, 0.6) is 0 Å². The molecule has 1 unspecified atom stereocenters. The fourth-order valence-electron chi connectivity index (χ4n) is 2.42. The summed E-state index contributed by atoms with van der Waals surface area (Å²) in [7, 11) is 0. The van der Waals surface area contributed by atoms with Crippen molar-refractivity contribution in [2.75, 3.05) is 0 Å². The van der Waals surface area contributed by atoms with Crippen LogP contribution in [0, 0.1) is 11.8 Å². The molecule has 2 amide bonds. The summed E-state index contributed by atoms with van der Waals surface area (Å²) in [5, 5.41) is 0. The van der Waals surface area contributed by atoms with Crippen LogP contribution in [-0.2, 0) is 9.59 Å². The SMILES string of the molecule is NC(=O)[C@H]1CC(c2ccccc2)C=C[C@H]1C(N)=O. The van der Waals surface area contributed by atoms with E-state index in [1.165, 1.54) is 0 Å². The van der Waals surface area contributed by atoms with Gasteiger partial charge in [-0.2, -0.15) is 0 Å². The molecule has 4 N–H and O–H groups in total. The Hall–Kier alpha value is -2.10. The van der Waals surface area contributed by atoms with Gasteiger partial charge in [0.25, 0.3) is 0 Å². The first-order chi connectivity index (χ1) is 8.59. The van der Waals surface area contributed by atoms with Crippen LogP contribution < -0.4 is 11.5 Å². The summed E-state index contributed by atoms with van der Waals surface area (Å²) in [5.41, 5.74) is 11.8. The molecule has 0 radical (unpaired) electrons. The van der Waals surface area contributed by atoms with Gasteiger partial charge in [-0.3, -0.25) is 9.59 Å². The second-order valence-electron chi connectivity index (χ2n) is 4.57. The van der Waals surface area contributed by atoms with Crippen LogP contribution >= 0.6 is 0 Å². The minimum absolute atomic E-state index is 0.110. The van der Waals surface area contributed by atoms with E-state index in [9.17, 15) is 9.59 Å². The third-order valence-corrected chi connectivity index (χ3v) is 3.41. The Morgan fingerprint density at radius 1 is 1.00 bits per heavy atom. The smallest absolute Gasteiger partial charge is 0.225 e. The molecule has 0 aromatic heterocycles. The van der Waals surface area contributed by atoms with E-state index in [2.05, 4.69) is 0 Å². The van der Waals surface area contributed by atoms with Crippen molar-refractivity contribution in [3.63, 3.8) is 0 Å². The molecule has 0 bridgehead atoms. The average Bonchev–Trinajstić information content (AvgIpc) is 2.39. The van der Waals surface area contributed by atoms with E-state index in [1.807, 2.05) is 36.4 Å². The number of hydrogen-bond acceptors (Lipinski definition) is 2. The van der Waals surface area contributed by atoms with Gasteiger partial charge in [0.15, 0.2) is 0 Å². The van der Waals surface area contributed by atoms with E-state index >= 15 is 0 Å². The summed E-state index contributed by atoms with van der Waals surface area (Å²) in [6, 6.07) is 9.83. The Morgan fingerprint density at radius 3 is 2.22 bits per heavy atom. The average molecular weight is 244 g/mol. The topological polar surface area (TPSA) is 86.2 Å². The lowest BCUT2D eigenvalue weighted by Crippen LogP contribution is -2.39. The Balaban J connectivity index is 2.26. The van der Waals surface area contributed by atoms with E-state index in [-0.39, 0.29) is 5.92 Å². The highest BCUT2D eigenvalue weighted by atomic mass is 16.2. The highest BCUT2D eigenvalue weighted by Crippen LogP contribution is 2.34. The van der Waals surface area contributed by atoms with E-state index in [4.69, 9.17) is 11.5 Å². The molecule has 4 heteroatoms. The molecule has 0 saturated carbocycles. The molecule has 1 aliphatic rings. The van der Waals surface area contributed by atoms with E-state index in [0.717, 1.165) is 5.56 Å². The molecule has 94 valence electrons. The van der Waals surface area contributed by atoms with Gasteiger partial charge >= 0.3 is 0 Å². The zero-order valence-corrected chi connectivity index (χ0v) is 9.95. The van der Waals surface area contributed by atoms with Crippen LogP contribution in [0.2, 0.25) is 0 Å². The highest BCUT2D eigenvalue weighted by Gasteiger charge is 2.34. The first-order valence-corrected chi connectivity index (χ1v) is 5.91. The summed E-state index contributed by atoms with van der Waals surface area (Å²) in [5.74, 6) is -1.95. The van der Waals surface area contributed by atoms with Crippen LogP contribution in [0.4, 0.5) is 0 Å². The third kappa shape index (κ3) is 2.42. The number of allylic oxidation sites excluding steroid dienone is 1. The Morgan fingerprint density at radius 2 is 1.67 bits per heavy atom. The number of carbonyl (C=O) groups excluding carboxylic acids is 2. The Labute approximate surface area is 106 Å². The second-order valence-corrected chi connectivity index (χ2v) is 4.57. The number of amides is 2. The van der Waals surface area contributed by atoms with Gasteiger partial charge in [-0.1, -0.05) is 42.5 Å². The zero-order valence-electron chi connectivity index (χ0n) is 9.95. The van der Waals surface area contributed by atoms with Gasteiger partial charge in [-0.15, -0.1) is 0 Å². The lowest BCUT2D eigenvalue weighted by atomic mass is 9.76. The maximum absolute atomic E-state index is 11.4. The molecule has 4 nitrogen and oxygen atoms in total. The van der Waals surface area contributed by atoms with Gasteiger partial charge in [0, 0.05) is 5.92 Å². The van der Waals surface area contributed by atoms with Crippen molar-refractivity contribution < 1.29 is 9.59 Å². The first kappa shape index (κ1) is 12.4. The van der Waals surface area contributed by atoms with Gasteiger partial charge in [0.05, 0.1) is 11.8 Å². The number of benzene rings is 1. The molecule has 1 aromatic carbocycles. The summed E-state index contributed by atoms with van der Waals surface area (Å²) in [6.45, 7) is 0. The van der Waals surface area contributed by atoms with Crippen LogP contribution in [0.1, 0.15) is 17.9 Å². The van der Waals surface area contributed by atoms with Crippen molar-refractivity contribution in [1.82, 2.24) is 0 Å². The summed E-state index contributed by atoms with van der Waals surface area (Å²) in [4.78, 5) is 22.7. The van der Waals surface area contributed by atoms with Crippen molar-refractivity contribution in [3.8, 4) is 0 Å². The van der Waals surface area contributed by atoms with Crippen molar-refractivity contribution in [2.45, 2.75) is 12.3 Å². The monoisotopic (exact) mass is 244 g/mol. The molecule has 0 aliphatic heterocycles. The van der Waals surface area contributed by atoms with Gasteiger partial charge in [-0.05, 0) is 12.0 Å². The number of rotatable bonds is 3. The zero-order chi connectivity index (χ0) is 13.1. The maximum Gasteiger partial charge on any atom is 0.225 e. The number of carbonyl (C=O) groups is 2. The fourth-order valence-corrected chi connectivity index (χ4v) is 2.42. The molecule has 3 atom stereocenters. The third-order valence-electron chi connectivity index (χ3n) is 3.41. The van der Waals surface area contributed by atoms with Gasteiger partial charge in [0.2, 0.25) is 11.8 Å². The molecule has 1 aromatic rings. The molecule has 0 fully saturated rings. The van der Waals surface area contributed by atoms with Crippen LogP contribution in [-0.4, -0.2) is 11.8 Å². The Bertz CT molecular complexity index is 482. The Kier molecular flexibility index (Phi) is 3.46. The second kappa shape index (κ2) is 5.04. The maximum atomic E-state index is 11.4. The van der Waals surface area contributed by atoms with E-state index in [0.29, 0.717) is 6.42 Å². The van der Waals surface area contributed by atoms with Crippen molar-refractivity contribution in [2.24, 2.45) is 23.3 Å². The molecule has 18 heavy (non-hydrogen) atoms. The van der Waals surface area contributed by atoms with Gasteiger partial charge in [0.1, 0.15) is 0 Å². The molecular weight excluding hydrogens is 228 g/mol. The molecule has 2 rings (SSSR count). The molecule has 0 heterocycles. The quantitative estimate of drug-likeness (QED) is 0.775. The number of primary amides is 2. The fraction of sp³-hybridized carbons (Fsp3) is 0.286. The van der Waals surface area contributed by atoms with E-state index in [1.54, 1.807) is 6.08 Å². The predicted octanol–water partition coefficient (Wildman–Crippen LogP) is 0.933. The van der Waals surface area contributed by atoms with Crippen LogP contribution in [0.3, 0.4) is 0 Å². The van der Waals surface area contributed by atoms with Crippen LogP contribution in [0.15, 0.2) is 42.5 Å². The molecule has 0 saturated heterocycles. The van der Waals surface area contributed by atoms with E-state index < -0.39 is 23.7 Å². The molecular formula is C14H16N2O2. The summed E-state index contributed by atoms with van der Waals surface area (Å²) in [6.07, 6.45) is 4.17. The first-order valence-electron chi connectivity index (χ1n) is 5.91. The minimum Gasteiger partial charge on any atom is -0.369 e. The standard InChI is InChI=1S/C14H16N2O2/c15-13(17)11-7-6-10(8-12(11)14(16)18)9-4-2-1-3-5-9/h1-7,10-12H,8H2,(H2,15,17)(H2,16,18)/t10?,11-,12+/m1/s1.